The molecule has 1 amide bonds. The van der Waals surface area contributed by atoms with Crippen LogP contribution >= 0.6 is 0 Å². The lowest BCUT2D eigenvalue weighted by Crippen LogP contribution is -2.27. The standard InChI is InChI=1S/C19H17N3O3S/c1-22-17-7-6-15(10-16(17)19(8-9-19)18(22)23)21-26(24,25)12-14-4-2-13(11-20)3-5-14/h2-7,10,21H,8-9,12H2,1H3. The molecule has 1 saturated carbocycles. The van der Waals surface area contributed by atoms with Crippen LogP contribution < -0.4 is 9.62 Å². The second-order valence-corrected chi connectivity index (χ2v) is 8.57. The zero-order valence-electron chi connectivity index (χ0n) is 14.2. The largest absolute Gasteiger partial charge is 0.314 e. The Hall–Kier alpha value is -2.85. The van der Waals surface area contributed by atoms with E-state index < -0.39 is 15.4 Å². The van der Waals surface area contributed by atoms with Gasteiger partial charge in [-0.25, -0.2) is 8.42 Å². The molecule has 7 heteroatoms. The first kappa shape index (κ1) is 16.6. The van der Waals surface area contributed by atoms with Crippen molar-refractivity contribution in [3.8, 4) is 6.07 Å². The molecule has 0 radical (unpaired) electrons. The number of hydrogen-bond donors (Lipinski definition) is 1. The van der Waals surface area contributed by atoms with Gasteiger partial charge in [0.15, 0.2) is 0 Å². The number of hydrogen-bond acceptors (Lipinski definition) is 4. The van der Waals surface area contributed by atoms with Crippen molar-refractivity contribution in [3.63, 3.8) is 0 Å². The summed E-state index contributed by atoms with van der Waals surface area (Å²) in [5, 5.41) is 8.81. The number of fused-ring (bicyclic) bond motifs is 2. The summed E-state index contributed by atoms with van der Waals surface area (Å²) in [6, 6.07) is 13.7. The first-order valence-corrected chi connectivity index (χ1v) is 9.92. The van der Waals surface area contributed by atoms with Crippen LogP contribution in [0, 0.1) is 11.3 Å². The summed E-state index contributed by atoms with van der Waals surface area (Å²) in [5.74, 6) is -0.0927. The topological polar surface area (TPSA) is 90.3 Å². The summed E-state index contributed by atoms with van der Waals surface area (Å²) in [6.07, 6.45) is 1.62. The minimum atomic E-state index is -3.60. The van der Waals surface area contributed by atoms with Crippen molar-refractivity contribution < 1.29 is 13.2 Å². The number of nitriles is 1. The summed E-state index contributed by atoms with van der Waals surface area (Å²) in [5.41, 5.74) is 2.86. The number of likely N-dealkylation sites (N-methyl/N-ethyl adjacent to an activating group) is 1. The lowest BCUT2D eigenvalue weighted by atomic mass is 9.97. The van der Waals surface area contributed by atoms with Crippen molar-refractivity contribution in [1.82, 2.24) is 0 Å². The molecule has 0 bridgehead atoms. The van der Waals surface area contributed by atoms with E-state index in [2.05, 4.69) is 4.72 Å². The number of nitrogens with zero attached hydrogens (tertiary/aromatic N) is 2. The molecule has 2 aliphatic rings. The molecular weight excluding hydrogens is 350 g/mol. The first-order chi connectivity index (χ1) is 12.3. The van der Waals surface area contributed by atoms with Gasteiger partial charge in [0.2, 0.25) is 15.9 Å². The predicted molar refractivity (Wildman–Crippen MR) is 98.2 cm³/mol. The smallest absolute Gasteiger partial charge is 0.237 e. The lowest BCUT2D eigenvalue weighted by molar-refractivity contribution is -0.119. The zero-order chi connectivity index (χ0) is 18.5. The Morgan fingerprint density at radius 2 is 1.88 bits per heavy atom. The molecule has 0 unspecified atom stereocenters. The molecule has 0 saturated heterocycles. The molecule has 2 aromatic carbocycles. The van der Waals surface area contributed by atoms with E-state index in [0.29, 0.717) is 16.8 Å². The van der Waals surface area contributed by atoms with Crippen molar-refractivity contribution in [2.75, 3.05) is 16.7 Å². The van der Waals surface area contributed by atoms with Crippen LogP contribution in [0.2, 0.25) is 0 Å². The van der Waals surface area contributed by atoms with Gasteiger partial charge in [0.25, 0.3) is 0 Å². The highest BCUT2D eigenvalue weighted by Crippen LogP contribution is 2.57. The van der Waals surface area contributed by atoms with Gasteiger partial charge in [-0.1, -0.05) is 12.1 Å². The molecular formula is C19H17N3O3S. The molecule has 1 aliphatic carbocycles. The van der Waals surface area contributed by atoms with Gasteiger partial charge in [-0.05, 0) is 54.3 Å². The summed E-state index contributed by atoms with van der Waals surface area (Å²) < 4.78 is 27.6. The van der Waals surface area contributed by atoms with E-state index in [4.69, 9.17) is 5.26 Å². The first-order valence-electron chi connectivity index (χ1n) is 8.27. The van der Waals surface area contributed by atoms with Crippen LogP contribution in [0.3, 0.4) is 0 Å². The maximum atomic E-state index is 12.5. The van der Waals surface area contributed by atoms with Crippen molar-refractivity contribution in [2.24, 2.45) is 0 Å². The second kappa shape index (κ2) is 5.58. The van der Waals surface area contributed by atoms with Crippen LogP contribution in [-0.2, 0) is 26.0 Å². The van der Waals surface area contributed by atoms with Crippen molar-refractivity contribution in [1.29, 1.82) is 5.26 Å². The predicted octanol–water partition coefficient (Wildman–Crippen LogP) is 2.51. The van der Waals surface area contributed by atoms with E-state index >= 15 is 0 Å². The molecule has 0 atom stereocenters. The Bertz CT molecular complexity index is 1050. The van der Waals surface area contributed by atoms with E-state index in [-0.39, 0.29) is 11.7 Å². The monoisotopic (exact) mass is 367 g/mol. The van der Waals surface area contributed by atoms with Crippen LogP contribution in [0.1, 0.15) is 29.5 Å². The number of nitrogens with one attached hydrogen (secondary N) is 1. The van der Waals surface area contributed by atoms with Gasteiger partial charge in [0, 0.05) is 18.4 Å². The molecule has 1 fully saturated rings. The highest BCUT2D eigenvalue weighted by molar-refractivity contribution is 7.91. The SMILES string of the molecule is CN1C(=O)C2(CC2)c2cc(NS(=O)(=O)Cc3ccc(C#N)cc3)ccc21. The fraction of sp³-hybridized carbons (Fsp3) is 0.263. The summed E-state index contributed by atoms with van der Waals surface area (Å²) in [7, 11) is -1.85. The quantitative estimate of drug-likeness (QED) is 0.899. The van der Waals surface area contributed by atoms with Gasteiger partial charge in [-0.3, -0.25) is 9.52 Å². The highest BCUT2D eigenvalue weighted by Gasteiger charge is 2.58. The molecule has 4 rings (SSSR count). The van der Waals surface area contributed by atoms with Crippen LogP contribution in [0.5, 0.6) is 0 Å². The minimum absolute atomic E-state index is 0.0880. The number of rotatable bonds is 4. The summed E-state index contributed by atoms with van der Waals surface area (Å²) >= 11 is 0. The number of benzene rings is 2. The van der Waals surface area contributed by atoms with Gasteiger partial charge in [-0.15, -0.1) is 0 Å². The fourth-order valence-corrected chi connectivity index (χ4v) is 4.73. The average Bonchev–Trinajstić information content (AvgIpc) is 3.39. The molecule has 0 aromatic heterocycles. The molecule has 6 nitrogen and oxygen atoms in total. The number of amides is 1. The average molecular weight is 367 g/mol. The summed E-state index contributed by atoms with van der Waals surface area (Å²) in [4.78, 5) is 14.1. The third-order valence-electron chi connectivity index (χ3n) is 5.05. The lowest BCUT2D eigenvalue weighted by Gasteiger charge is -2.12. The van der Waals surface area contributed by atoms with E-state index in [1.807, 2.05) is 6.07 Å². The minimum Gasteiger partial charge on any atom is -0.314 e. The van der Waals surface area contributed by atoms with Gasteiger partial charge in [0.1, 0.15) is 0 Å². The van der Waals surface area contributed by atoms with Crippen molar-refractivity contribution in [2.45, 2.75) is 24.0 Å². The molecule has 1 aliphatic heterocycles. The van der Waals surface area contributed by atoms with Crippen molar-refractivity contribution in [3.05, 3.63) is 59.2 Å². The molecule has 1 heterocycles. The van der Waals surface area contributed by atoms with Gasteiger partial charge < -0.3 is 4.90 Å². The normalized spacial score (nSPS) is 17.1. The molecule has 132 valence electrons. The molecule has 26 heavy (non-hydrogen) atoms. The van der Waals surface area contributed by atoms with E-state index in [9.17, 15) is 13.2 Å². The molecule has 1 spiro atoms. The maximum absolute atomic E-state index is 12.5. The van der Waals surface area contributed by atoms with Crippen molar-refractivity contribution >= 4 is 27.3 Å². The maximum Gasteiger partial charge on any atom is 0.237 e. The van der Waals surface area contributed by atoms with E-state index in [0.717, 1.165) is 24.1 Å². The second-order valence-electron chi connectivity index (χ2n) is 6.85. The third kappa shape index (κ3) is 2.63. The Kier molecular flexibility index (Phi) is 3.56. The fourth-order valence-electron chi connectivity index (χ4n) is 3.54. The summed E-state index contributed by atoms with van der Waals surface area (Å²) in [6.45, 7) is 0. The Morgan fingerprint density at radius 3 is 2.50 bits per heavy atom. The van der Waals surface area contributed by atoms with Crippen LogP contribution in [0.4, 0.5) is 11.4 Å². The zero-order valence-corrected chi connectivity index (χ0v) is 15.0. The number of carbonyl (C=O) groups excluding carboxylic acids is 1. The third-order valence-corrected chi connectivity index (χ3v) is 6.31. The molecule has 2 aromatic rings. The number of anilines is 2. The molecule has 1 N–H and O–H groups in total. The van der Waals surface area contributed by atoms with Gasteiger partial charge in [0.05, 0.1) is 22.8 Å². The van der Waals surface area contributed by atoms with Crippen LogP contribution in [0.15, 0.2) is 42.5 Å². The highest BCUT2D eigenvalue weighted by atomic mass is 32.2. The Balaban J connectivity index is 1.57. The van der Waals surface area contributed by atoms with Gasteiger partial charge in [-0.2, -0.15) is 5.26 Å². The van der Waals surface area contributed by atoms with E-state index in [1.165, 1.54) is 0 Å². The van der Waals surface area contributed by atoms with E-state index in [1.54, 1.807) is 54.4 Å². The number of carbonyl (C=O) groups is 1. The Labute approximate surface area is 152 Å². The Morgan fingerprint density at radius 1 is 1.19 bits per heavy atom. The van der Waals surface area contributed by atoms with Gasteiger partial charge >= 0.3 is 0 Å². The number of sulfonamides is 1. The van der Waals surface area contributed by atoms with Crippen LogP contribution in [-0.4, -0.2) is 21.4 Å². The van der Waals surface area contributed by atoms with Crippen LogP contribution in [0.25, 0.3) is 0 Å².